The second-order valence-electron chi connectivity index (χ2n) is 4.01. The third-order valence-electron chi connectivity index (χ3n) is 2.61. The first-order valence-electron chi connectivity index (χ1n) is 5.79. The first kappa shape index (κ1) is 15.3. The van der Waals surface area contributed by atoms with E-state index in [0.29, 0.717) is 10.6 Å². The van der Waals surface area contributed by atoms with Crippen LogP contribution in [-0.2, 0) is 0 Å². The maximum absolute atomic E-state index is 12.0. The Morgan fingerprint density at radius 1 is 1.05 bits per heavy atom. The smallest absolute Gasteiger partial charge is 0.345 e. The number of rotatable bonds is 3. The van der Waals surface area contributed by atoms with Gasteiger partial charge in [0.05, 0.1) is 10.6 Å². The topological polar surface area (TPSA) is 81.4 Å². The van der Waals surface area contributed by atoms with E-state index in [-0.39, 0.29) is 16.3 Å². The number of hydrogen-bond donors (Lipinski definition) is 2. The summed E-state index contributed by atoms with van der Waals surface area (Å²) in [6.45, 7) is 0. The number of ether oxygens (including phenoxy) is 1. The van der Waals surface area contributed by atoms with Crippen LogP contribution in [0.3, 0.4) is 0 Å². The fraction of sp³-hybridized carbons (Fsp3) is 0. The van der Waals surface area contributed by atoms with Gasteiger partial charge in [-0.2, -0.15) is 0 Å². The van der Waals surface area contributed by atoms with Gasteiger partial charge in [0.25, 0.3) is 5.91 Å². The molecule has 0 saturated carbocycles. The number of nitrogen functional groups attached to an aromatic ring is 1. The van der Waals surface area contributed by atoms with Crippen molar-refractivity contribution in [1.29, 1.82) is 0 Å². The van der Waals surface area contributed by atoms with Gasteiger partial charge in [-0.05, 0) is 42.5 Å². The summed E-state index contributed by atoms with van der Waals surface area (Å²) >= 11 is 11.7. The molecule has 0 aliphatic carbocycles. The number of hydrazine groups is 1. The highest BCUT2D eigenvalue weighted by Crippen LogP contribution is 2.23. The minimum Gasteiger partial charge on any atom is -0.423 e. The van der Waals surface area contributed by atoms with Crippen LogP contribution in [-0.4, -0.2) is 11.9 Å². The zero-order valence-electron chi connectivity index (χ0n) is 10.6. The Kier molecular flexibility index (Phi) is 4.80. The van der Waals surface area contributed by atoms with E-state index < -0.39 is 11.9 Å². The average Bonchev–Trinajstić information content (AvgIpc) is 2.47. The van der Waals surface area contributed by atoms with E-state index >= 15 is 0 Å². The molecule has 7 heteroatoms. The molecule has 21 heavy (non-hydrogen) atoms. The Bertz CT molecular complexity index is 687. The zero-order chi connectivity index (χ0) is 15.4. The lowest BCUT2D eigenvalue weighted by atomic mass is 10.2. The van der Waals surface area contributed by atoms with Gasteiger partial charge in [-0.1, -0.05) is 23.2 Å². The molecule has 0 saturated heterocycles. The molecular weight excluding hydrogens is 315 g/mol. The highest BCUT2D eigenvalue weighted by molar-refractivity contribution is 6.36. The first-order valence-corrected chi connectivity index (χ1v) is 6.55. The van der Waals surface area contributed by atoms with Crippen molar-refractivity contribution >= 4 is 35.1 Å². The van der Waals surface area contributed by atoms with Crippen LogP contribution < -0.4 is 16.0 Å². The lowest BCUT2D eigenvalue weighted by Crippen LogP contribution is -2.29. The summed E-state index contributed by atoms with van der Waals surface area (Å²) in [7, 11) is 0. The normalized spacial score (nSPS) is 10.0. The SMILES string of the molecule is NNC(=O)c1ccc(OC(=O)c2ccc(Cl)cc2Cl)cc1. The number of hydrogen-bond acceptors (Lipinski definition) is 4. The van der Waals surface area contributed by atoms with E-state index in [0.717, 1.165) is 0 Å². The summed E-state index contributed by atoms with van der Waals surface area (Å²) in [5.41, 5.74) is 2.55. The van der Waals surface area contributed by atoms with E-state index in [1.54, 1.807) is 6.07 Å². The molecule has 5 nitrogen and oxygen atoms in total. The number of benzene rings is 2. The Labute approximate surface area is 130 Å². The predicted octanol–water partition coefficient (Wildman–Crippen LogP) is 2.82. The minimum absolute atomic E-state index is 0.199. The number of amides is 1. The molecule has 3 N–H and O–H groups in total. The highest BCUT2D eigenvalue weighted by atomic mass is 35.5. The number of halogens is 2. The van der Waals surface area contributed by atoms with Gasteiger partial charge in [0.15, 0.2) is 0 Å². The number of nitrogens with one attached hydrogen (secondary N) is 1. The van der Waals surface area contributed by atoms with E-state index in [1.807, 2.05) is 5.43 Å². The van der Waals surface area contributed by atoms with Crippen molar-refractivity contribution in [2.45, 2.75) is 0 Å². The summed E-state index contributed by atoms with van der Waals surface area (Å²) in [5.74, 6) is 4.24. The third-order valence-corrected chi connectivity index (χ3v) is 3.16. The second-order valence-corrected chi connectivity index (χ2v) is 4.86. The third kappa shape index (κ3) is 3.72. The molecule has 0 aliphatic rings. The van der Waals surface area contributed by atoms with Crippen molar-refractivity contribution in [3.63, 3.8) is 0 Å². The van der Waals surface area contributed by atoms with Gasteiger partial charge in [-0.15, -0.1) is 0 Å². The highest BCUT2D eigenvalue weighted by Gasteiger charge is 2.13. The molecule has 2 aromatic rings. The molecule has 0 fully saturated rings. The monoisotopic (exact) mass is 324 g/mol. The molecule has 0 spiro atoms. The van der Waals surface area contributed by atoms with Crippen LogP contribution in [0.1, 0.15) is 20.7 Å². The van der Waals surface area contributed by atoms with Crippen LogP contribution in [0.15, 0.2) is 42.5 Å². The van der Waals surface area contributed by atoms with Crippen molar-refractivity contribution < 1.29 is 14.3 Å². The van der Waals surface area contributed by atoms with Crippen LogP contribution >= 0.6 is 23.2 Å². The lowest BCUT2D eigenvalue weighted by Gasteiger charge is -2.07. The molecule has 0 heterocycles. The van der Waals surface area contributed by atoms with E-state index in [4.69, 9.17) is 33.8 Å². The van der Waals surface area contributed by atoms with Crippen LogP contribution in [0.5, 0.6) is 5.75 Å². The van der Waals surface area contributed by atoms with E-state index in [2.05, 4.69) is 0 Å². The molecule has 1 amide bonds. The fourth-order valence-electron chi connectivity index (χ4n) is 1.57. The Balaban J connectivity index is 2.14. The molecular formula is C14H10Cl2N2O3. The van der Waals surface area contributed by atoms with Crippen molar-refractivity contribution in [2.24, 2.45) is 5.84 Å². The van der Waals surface area contributed by atoms with E-state index in [1.165, 1.54) is 36.4 Å². The number of carbonyl (C=O) groups excluding carboxylic acids is 2. The summed E-state index contributed by atoms with van der Waals surface area (Å²) in [5, 5.41) is 0.625. The van der Waals surface area contributed by atoms with E-state index in [9.17, 15) is 9.59 Å². The van der Waals surface area contributed by atoms with Crippen LogP contribution in [0.25, 0.3) is 0 Å². The minimum atomic E-state index is -0.618. The Morgan fingerprint density at radius 2 is 1.71 bits per heavy atom. The molecule has 2 aromatic carbocycles. The quantitative estimate of drug-likeness (QED) is 0.299. The van der Waals surface area contributed by atoms with Crippen LogP contribution in [0.4, 0.5) is 0 Å². The molecule has 0 aliphatic heterocycles. The van der Waals surface area contributed by atoms with Gasteiger partial charge in [0.2, 0.25) is 0 Å². The molecule has 0 radical (unpaired) electrons. The summed E-state index contributed by atoms with van der Waals surface area (Å²) < 4.78 is 5.16. The van der Waals surface area contributed by atoms with Gasteiger partial charge in [-0.3, -0.25) is 10.2 Å². The van der Waals surface area contributed by atoms with Gasteiger partial charge < -0.3 is 4.74 Å². The van der Waals surface area contributed by atoms with Crippen molar-refractivity contribution in [1.82, 2.24) is 5.43 Å². The number of esters is 1. The summed E-state index contributed by atoms with van der Waals surface area (Å²) in [6.07, 6.45) is 0. The van der Waals surface area contributed by atoms with Crippen molar-refractivity contribution in [2.75, 3.05) is 0 Å². The molecule has 0 aromatic heterocycles. The molecule has 0 unspecified atom stereocenters. The summed E-state index contributed by atoms with van der Waals surface area (Å²) in [6, 6.07) is 10.4. The maximum Gasteiger partial charge on any atom is 0.345 e. The number of nitrogens with two attached hydrogens (primary N) is 1. The molecule has 0 bridgehead atoms. The van der Waals surface area contributed by atoms with Gasteiger partial charge >= 0.3 is 5.97 Å². The lowest BCUT2D eigenvalue weighted by molar-refractivity contribution is 0.0735. The molecule has 0 atom stereocenters. The molecule has 108 valence electrons. The van der Waals surface area contributed by atoms with Crippen molar-refractivity contribution in [3.05, 3.63) is 63.6 Å². The summed E-state index contributed by atoms with van der Waals surface area (Å²) in [4.78, 5) is 23.2. The fourth-order valence-corrected chi connectivity index (χ4v) is 2.06. The van der Waals surface area contributed by atoms with Crippen LogP contribution in [0, 0.1) is 0 Å². The Morgan fingerprint density at radius 3 is 2.29 bits per heavy atom. The van der Waals surface area contributed by atoms with Crippen LogP contribution in [0.2, 0.25) is 10.0 Å². The average molecular weight is 325 g/mol. The molecule has 2 rings (SSSR count). The second kappa shape index (κ2) is 6.58. The largest absolute Gasteiger partial charge is 0.423 e. The first-order chi connectivity index (χ1) is 10.0. The van der Waals surface area contributed by atoms with Gasteiger partial charge in [-0.25, -0.2) is 10.6 Å². The standard InChI is InChI=1S/C14H10Cl2N2O3/c15-9-3-6-11(12(16)7-9)14(20)21-10-4-1-8(2-5-10)13(19)18-17/h1-7H,17H2,(H,18,19). The predicted molar refractivity (Wildman–Crippen MR) is 79.5 cm³/mol. The van der Waals surface area contributed by atoms with Crippen molar-refractivity contribution in [3.8, 4) is 5.75 Å². The maximum atomic E-state index is 12.0. The number of carbonyl (C=O) groups is 2. The van der Waals surface area contributed by atoms with Gasteiger partial charge in [0.1, 0.15) is 5.75 Å². The zero-order valence-corrected chi connectivity index (χ0v) is 12.1. The van der Waals surface area contributed by atoms with Gasteiger partial charge in [0, 0.05) is 10.6 Å². The Hall–Kier alpha value is -2.08.